The van der Waals surface area contributed by atoms with Crippen LogP contribution in [0.5, 0.6) is 0 Å². The van der Waals surface area contributed by atoms with E-state index >= 15 is 0 Å². The van der Waals surface area contributed by atoms with Gasteiger partial charge in [0.2, 0.25) is 10.0 Å². The first-order valence-electron chi connectivity index (χ1n) is 7.40. The highest BCUT2D eigenvalue weighted by atomic mass is 32.2. The summed E-state index contributed by atoms with van der Waals surface area (Å²) in [6.45, 7) is 0.700. The smallest absolute Gasteiger partial charge is 0.246 e. The second-order valence-electron chi connectivity index (χ2n) is 6.13. The second kappa shape index (κ2) is 5.66. The molecule has 0 aliphatic heterocycles. The molecule has 0 radical (unpaired) electrons. The van der Waals surface area contributed by atoms with Crippen molar-refractivity contribution in [3.8, 4) is 0 Å². The highest BCUT2D eigenvalue weighted by molar-refractivity contribution is 7.89. The number of hydrogen-bond donors (Lipinski definition) is 1. The Labute approximate surface area is 124 Å². The van der Waals surface area contributed by atoms with Gasteiger partial charge in [0.15, 0.2) is 0 Å². The van der Waals surface area contributed by atoms with Crippen molar-refractivity contribution in [2.75, 3.05) is 13.1 Å². The van der Waals surface area contributed by atoms with Gasteiger partial charge >= 0.3 is 0 Å². The summed E-state index contributed by atoms with van der Waals surface area (Å²) in [5, 5.41) is 8.99. The predicted octanol–water partition coefficient (Wildman–Crippen LogP) is 2.13. The van der Waals surface area contributed by atoms with Crippen LogP contribution in [0, 0.1) is 17.7 Å². The van der Waals surface area contributed by atoms with E-state index in [4.69, 9.17) is 5.11 Å². The first-order valence-corrected chi connectivity index (χ1v) is 8.84. The van der Waals surface area contributed by atoms with Gasteiger partial charge in [-0.1, -0.05) is 6.07 Å². The number of aliphatic hydroxyl groups is 1. The third-order valence-electron chi connectivity index (χ3n) is 4.11. The van der Waals surface area contributed by atoms with Gasteiger partial charge < -0.3 is 5.11 Å². The lowest BCUT2D eigenvalue weighted by Gasteiger charge is -2.22. The predicted molar refractivity (Wildman–Crippen MR) is 76.5 cm³/mol. The van der Waals surface area contributed by atoms with E-state index in [-0.39, 0.29) is 11.5 Å². The minimum absolute atomic E-state index is 0.277. The SMILES string of the molecule is O=S(=O)(c1ccc(CO)cc1F)N(CC1CC1)CC1CC1. The fraction of sp³-hybridized carbons (Fsp3) is 0.600. The van der Waals surface area contributed by atoms with Gasteiger partial charge in [0.1, 0.15) is 10.7 Å². The van der Waals surface area contributed by atoms with Crippen molar-refractivity contribution < 1.29 is 17.9 Å². The number of nitrogens with zero attached hydrogens (tertiary/aromatic N) is 1. The van der Waals surface area contributed by atoms with Crippen molar-refractivity contribution in [1.29, 1.82) is 0 Å². The zero-order valence-corrected chi connectivity index (χ0v) is 12.7. The maximum Gasteiger partial charge on any atom is 0.246 e. The van der Waals surface area contributed by atoms with E-state index < -0.39 is 15.8 Å². The monoisotopic (exact) mass is 313 g/mol. The molecule has 0 unspecified atom stereocenters. The Kier molecular flexibility index (Phi) is 4.03. The van der Waals surface area contributed by atoms with Crippen molar-refractivity contribution in [3.05, 3.63) is 29.6 Å². The molecular weight excluding hydrogens is 293 g/mol. The molecule has 1 N–H and O–H groups in total. The quantitative estimate of drug-likeness (QED) is 0.839. The summed E-state index contributed by atoms with van der Waals surface area (Å²) in [4.78, 5) is -0.277. The van der Waals surface area contributed by atoms with Crippen molar-refractivity contribution in [2.45, 2.75) is 37.2 Å². The molecule has 1 aromatic rings. The lowest BCUT2D eigenvalue weighted by Crippen LogP contribution is -2.35. The Bertz CT molecular complexity index is 610. The Balaban J connectivity index is 1.87. The van der Waals surface area contributed by atoms with Gasteiger partial charge in [0.25, 0.3) is 0 Å². The summed E-state index contributed by atoms with van der Waals surface area (Å²) < 4.78 is 40.9. The van der Waals surface area contributed by atoms with Crippen LogP contribution in [0.15, 0.2) is 23.1 Å². The molecule has 0 spiro atoms. The zero-order valence-electron chi connectivity index (χ0n) is 11.8. The summed E-state index contributed by atoms with van der Waals surface area (Å²) >= 11 is 0. The number of rotatable bonds is 7. The molecule has 4 nitrogen and oxygen atoms in total. The van der Waals surface area contributed by atoms with E-state index in [0.717, 1.165) is 31.7 Å². The molecule has 2 saturated carbocycles. The molecule has 0 bridgehead atoms. The highest BCUT2D eigenvalue weighted by Crippen LogP contribution is 2.36. The Hall–Kier alpha value is -0.980. The Morgan fingerprint density at radius 3 is 2.14 bits per heavy atom. The van der Waals surface area contributed by atoms with Crippen molar-refractivity contribution in [2.24, 2.45) is 11.8 Å². The third-order valence-corrected chi connectivity index (χ3v) is 5.98. The van der Waals surface area contributed by atoms with Crippen LogP contribution in [-0.2, 0) is 16.6 Å². The van der Waals surface area contributed by atoms with E-state index in [1.165, 1.54) is 16.4 Å². The average Bonchev–Trinajstić information content (AvgIpc) is 3.32. The van der Waals surface area contributed by atoms with Gasteiger partial charge in [-0.25, -0.2) is 12.8 Å². The zero-order chi connectivity index (χ0) is 15.0. The highest BCUT2D eigenvalue weighted by Gasteiger charge is 2.36. The van der Waals surface area contributed by atoms with Crippen molar-refractivity contribution in [1.82, 2.24) is 4.31 Å². The standard InChI is InChI=1S/C15H20FNO3S/c16-14-7-13(10-18)5-6-15(14)21(19,20)17(8-11-1-2-11)9-12-3-4-12/h5-7,11-12,18H,1-4,8-10H2. The van der Waals surface area contributed by atoms with E-state index in [9.17, 15) is 12.8 Å². The molecule has 1 aromatic carbocycles. The third kappa shape index (κ3) is 3.44. The lowest BCUT2D eigenvalue weighted by atomic mass is 10.2. The molecule has 2 aliphatic carbocycles. The fourth-order valence-electron chi connectivity index (χ4n) is 2.44. The number of sulfonamides is 1. The molecule has 21 heavy (non-hydrogen) atoms. The topological polar surface area (TPSA) is 57.6 Å². The van der Waals surface area contributed by atoms with Crippen LogP contribution in [0.2, 0.25) is 0 Å². The first kappa shape index (κ1) is 14.9. The van der Waals surface area contributed by atoms with Crippen LogP contribution in [0.4, 0.5) is 4.39 Å². The van der Waals surface area contributed by atoms with Gasteiger partial charge in [-0.15, -0.1) is 0 Å². The average molecular weight is 313 g/mol. The number of halogens is 1. The van der Waals surface area contributed by atoms with E-state index in [0.29, 0.717) is 30.5 Å². The van der Waals surface area contributed by atoms with Gasteiger partial charge in [-0.05, 0) is 55.2 Å². The maximum absolute atomic E-state index is 14.1. The van der Waals surface area contributed by atoms with Crippen LogP contribution in [0.3, 0.4) is 0 Å². The maximum atomic E-state index is 14.1. The van der Waals surface area contributed by atoms with Crippen molar-refractivity contribution in [3.63, 3.8) is 0 Å². The molecule has 2 aliphatic rings. The summed E-state index contributed by atoms with van der Waals surface area (Å²) in [6, 6.07) is 3.82. The number of aliphatic hydroxyl groups excluding tert-OH is 1. The van der Waals surface area contributed by atoms with Gasteiger partial charge in [-0.3, -0.25) is 0 Å². The number of benzene rings is 1. The van der Waals surface area contributed by atoms with E-state index in [2.05, 4.69) is 0 Å². The lowest BCUT2D eigenvalue weighted by molar-refractivity contribution is 0.281. The first-order chi connectivity index (χ1) is 10.0. The van der Waals surface area contributed by atoms with Crippen LogP contribution >= 0.6 is 0 Å². The van der Waals surface area contributed by atoms with Gasteiger partial charge in [-0.2, -0.15) is 4.31 Å². The molecule has 0 atom stereocenters. The summed E-state index contributed by atoms with van der Waals surface area (Å²) in [5.41, 5.74) is 0.377. The van der Waals surface area contributed by atoms with Gasteiger partial charge in [0.05, 0.1) is 6.61 Å². The van der Waals surface area contributed by atoms with E-state index in [1.807, 2.05) is 0 Å². The molecule has 0 aromatic heterocycles. The largest absolute Gasteiger partial charge is 0.392 e. The van der Waals surface area contributed by atoms with Crippen LogP contribution in [-0.4, -0.2) is 30.9 Å². The molecule has 0 amide bonds. The summed E-state index contributed by atoms with van der Waals surface area (Å²) in [5.74, 6) is 0.0785. The Morgan fingerprint density at radius 2 is 1.71 bits per heavy atom. The minimum Gasteiger partial charge on any atom is -0.392 e. The van der Waals surface area contributed by atoms with Crippen LogP contribution in [0.25, 0.3) is 0 Å². The summed E-state index contributed by atoms with van der Waals surface area (Å²) in [7, 11) is -3.79. The van der Waals surface area contributed by atoms with E-state index in [1.54, 1.807) is 0 Å². The molecule has 6 heteroatoms. The molecule has 0 saturated heterocycles. The summed E-state index contributed by atoms with van der Waals surface area (Å²) in [6.07, 6.45) is 4.23. The van der Waals surface area contributed by atoms with Crippen molar-refractivity contribution >= 4 is 10.0 Å². The molecular formula is C15H20FNO3S. The molecule has 116 valence electrons. The fourth-order valence-corrected chi connectivity index (χ4v) is 4.08. The Morgan fingerprint density at radius 1 is 1.14 bits per heavy atom. The molecule has 2 fully saturated rings. The minimum atomic E-state index is -3.79. The van der Waals surface area contributed by atoms with Crippen LogP contribution in [0.1, 0.15) is 31.2 Å². The van der Waals surface area contributed by atoms with Crippen LogP contribution < -0.4 is 0 Å². The number of hydrogen-bond acceptors (Lipinski definition) is 3. The molecule has 3 rings (SSSR count). The van der Waals surface area contributed by atoms with Gasteiger partial charge in [0, 0.05) is 13.1 Å². The normalized spacial score (nSPS) is 19.2. The second-order valence-corrected chi connectivity index (χ2v) is 8.04. The molecule has 0 heterocycles.